The standard InChI is InChI=1S/C13H15NO3/c1-9-4-2-3-5-11(9)13(16)17-8-12(15)14-10-6-7-10/h2-5,10H,6-8H2,1H3,(H,14,15). The summed E-state index contributed by atoms with van der Waals surface area (Å²) in [5, 5.41) is 2.76. The molecule has 4 heteroatoms. The van der Waals surface area contributed by atoms with Crippen LogP contribution in [0.4, 0.5) is 0 Å². The van der Waals surface area contributed by atoms with E-state index >= 15 is 0 Å². The van der Waals surface area contributed by atoms with E-state index < -0.39 is 5.97 Å². The highest BCUT2D eigenvalue weighted by atomic mass is 16.5. The molecule has 1 fully saturated rings. The molecule has 90 valence electrons. The number of nitrogens with one attached hydrogen (secondary N) is 1. The summed E-state index contributed by atoms with van der Waals surface area (Å²) in [4.78, 5) is 23.0. The highest BCUT2D eigenvalue weighted by Gasteiger charge is 2.23. The smallest absolute Gasteiger partial charge is 0.338 e. The van der Waals surface area contributed by atoms with Crippen molar-refractivity contribution in [3.05, 3.63) is 35.4 Å². The second kappa shape index (κ2) is 4.99. The van der Waals surface area contributed by atoms with Crippen LogP contribution < -0.4 is 5.32 Å². The molecular weight excluding hydrogens is 218 g/mol. The van der Waals surface area contributed by atoms with E-state index in [1.54, 1.807) is 12.1 Å². The van der Waals surface area contributed by atoms with Crippen molar-refractivity contribution in [1.29, 1.82) is 0 Å². The van der Waals surface area contributed by atoms with Crippen molar-refractivity contribution < 1.29 is 14.3 Å². The van der Waals surface area contributed by atoms with E-state index in [4.69, 9.17) is 4.74 Å². The number of ether oxygens (including phenoxy) is 1. The maximum Gasteiger partial charge on any atom is 0.338 e. The predicted molar refractivity (Wildman–Crippen MR) is 62.6 cm³/mol. The van der Waals surface area contributed by atoms with Crippen LogP contribution in [-0.2, 0) is 9.53 Å². The third-order valence-corrected chi connectivity index (χ3v) is 2.64. The summed E-state index contributed by atoms with van der Waals surface area (Å²) in [6, 6.07) is 7.44. The van der Waals surface area contributed by atoms with Crippen LogP contribution in [0.5, 0.6) is 0 Å². The number of hydrogen-bond acceptors (Lipinski definition) is 3. The van der Waals surface area contributed by atoms with Crippen LogP contribution in [0.25, 0.3) is 0 Å². The molecule has 0 heterocycles. The first-order valence-electron chi connectivity index (χ1n) is 5.69. The Balaban J connectivity index is 1.84. The van der Waals surface area contributed by atoms with Gasteiger partial charge in [0.1, 0.15) is 0 Å². The Morgan fingerprint density at radius 1 is 1.35 bits per heavy atom. The molecule has 2 rings (SSSR count). The third-order valence-electron chi connectivity index (χ3n) is 2.64. The summed E-state index contributed by atoms with van der Waals surface area (Å²) in [5.41, 5.74) is 1.35. The fourth-order valence-corrected chi connectivity index (χ4v) is 1.51. The Labute approximate surface area is 100.0 Å². The lowest BCUT2D eigenvalue weighted by Gasteiger charge is -2.07. The largest absolute Gasteiger partial charge is 0.452 e. The van der Waals surface area contributed by atoms with Gasteiger partial charge in [-0.15, -0.1) is 0 Å². The molecule has 1 aliphatic rings. The van der Waals surface area contributed by atoms with Crippen molar-refractivity contribution in [3.8, 4) is 0 Å². The maximum absolute atomic E-state index is 11.7. The zero-order valence-electron chi connectivity index (χ0n) is 9.73. The Morgan fingerprint density at radius 2 is 2.06 bits per heavy atom. The fraction of sp³-hybridized carbons (Fsp3) is 0.385. The number of esters is 1. The topological polar surface area (TPSA) is 55.4 Å². The second-order valence-corrected chi connectivity index (χ2v) is 4.23. The van der Waals surface area contributed by atoms with E-state index in [1.807, 2.05) is 19.1 Å². The molecule has 0 radical (unpaired) electrons. The van der Waals surface area contributed by atoms with Gasteiger partial charge in [0.2, 0.25) is 0 Å². The van der Waals surface area contributed by atoms with Gasteiger partial charge in [0.15, 0.2) is 6.61 Å². The van der Waals surface area contributed by atoms with E-state index in [0.717, 1.165) is 18.4 Å². The van der Waals surface area contributed by atoms with E-state index in [1.165, 1.54) is 0 Å². The molecule has 1 aliphatic carbocycles. The zero-order chi connectivity index (χ0) is 12.3. The molecule has 1 amide bonds. The molecule has 0 aromatic heterocycles. The maximum atomic E-state index is 11.7. The number of amides is 1. The van der Waals surface area contributed by atoms with Crippen molar-refractivity contribution in [2.75, 3.05) is 6.61 Å². The minimum absolute atomic E-state index is 0.205. The second-order valence-electron chi connectivity index (χ2n) is 4.23. The van der Waals surface area contributed by atoms with Crippen molar-refractivity contribution in [2.45, 2.75) is 25.8 Å². The van der Waals surface area contributed by atoms with Gasteiger partial charge in [0, 0.05) is 6.04 Å². The van der Waals surface area contributed by atoms with Gasteiger partial charge in [0.05, 0.1) is 5.56 Å². The summed E-state index contributed by atoms with van der Waals surface area (Å²) in [6.45, 7) is 1.63. The van der Waals surface area contributed by atoms with Gasteiger partial charge < -0.3 is 10.1 Å². The van der Waals surface area contributed by atoms with Gasteiger partial charge in [-0.3, -0.25) is 4.79 Å². The molecule has 1 saturated carbocycles. The average molecular weight is 233 g/mol. The molecule has 4 nitrogen and oxygen atoms in total. The van der Waals surface area contributed by atoms with Crippen LogP contribution in [0.2, 0.25) is 0 Å². The molecule has 0 bridgehead atoms. The van der Waals surface area contributed by atoms with Gasteiger partial charge >= 0.3 is 5.97 Å². The van der Waals surface area contributed by atoms with Crippen LogP contribution >= 0.6 is 0 Å². The normalized spacial score (nSPS) is 14.2. The molecule has 1 aromatic carbocycles. The SMILES string of the molecule is Cc1ccccc1C(=O)OCC(=O)NC1CC1. The molecule has 1 N–H and O–H groups in total. The quantitative estimate of drug-likeness (QED) is 0.800. The molecule has 0 aliphatic heterocycles. The van der Waals surface area contributed by atoms with Crippen LogP contribution in [-0.4, -0.2) is 24.5 Å². The average Bonchev–Trinajstić information content (AvgIpc) is 3.10. The number of rotatable bonds is 4. The van der Waals surface area contributed by atoms with Gasteiger partial charge in [-0.1, -0.05) is 18.2 Å². The fourth-order valence-electron chi connectivity index (χ4n) is 1.51. The first-order chi connectivity index (χ1) is 8.16. The molecule has 0 saturated heterocycles. The predicted octanol–water partition coefficient (Wildman–Crippen LogP) is 1.43. The molecule has 0 spiro atoms. The first-order valence-corrected chi connectivity index (χ1v) is 5.69. The summed E-state index contributed by atoms with van der Waals surface area (Å²) in [6.07, 6.45) is 2.05. The molecule has 0 atom stereocenters. The van der Waals surface area contributed by atoms with Gasteiger partial charge in [-0.2, -0.15) is 0 Å². The minimum atomic E-state index is -0.450. The number of carbonyl (C=O) groups excluding carboxylic acids is 2. The Hall–Kier alpha value is -1.84. The Bertz CT molecular complexity index is 438. The van der Waals surface area contributed by atoms with Crippen LogP contribution in [0.1, 0.15) is 28.8 Å². The van der Waals surface area contributed by atoms with E-state index in [0.29, 0.717) is 11.6 Å². The van der Waals surface area contributed by atoms with E-state index in [-0.39, 0.29) is 12.5 Å². The van der Waals surface area contributed by atoms with Crippen LogP contribution in [0.3, 0.4) is 0 Å². The molecular formula is C13H15NO3. The summed E-state index contributed by atoms with van der Waals surface area (Å²) in [7, 11) is 0. The van der Waals surface area contributed by atoms with E-state index in [2.05, 4.69) is 5.32 Å². The highest BCUT2D eigenvalue weighted by molar-refractivity contribution is 5.92. The summed E-state index contributed by atoms with van der Waals surface area (Å²) >= 11 is 0. The third kappa shape index (κ3) is 3.31. The first kappa shape index (κ1) is 11.6. The van der Waals surface area contributed by atoms with Crippen molar-refractivity contribution >= 4 is 11.9 Å². The number of benzene rings is 1. The Morgan fingerprint density at radius 3 is 2.71 bits per heavy atom. The van der Waals surface area contributed by atoms with Crippen molar-refractivity contribution in [3.63, 3.8) is 0 Å². The van der Waals surface area contributed by atoms with Crippen molar-refractivity contribution in [2.24, 2.45) is 0 Å². The molecule has 1 aromatic rings. The Kier molecular flexibility index (Phi) is 3.42. The van der Waals surface area contributed by atoms with Crippen molar-refractivity contribution in [1.82, 2.24) is 5.32 Å². The van der Waals surface area contributed by atoms with Gasteiger partial charge in [-0.25, -0.2) is 4.79 Å². The number of aryl methyl sites for hydroxylation is 1. The van der Waals surface area contributed by atoms with E-state index in [9.17, 15) is 9.59 Å². The van der Waals surface area contributed by atoms with Crippen LogP contribution in [0, 0.1) is 6.92 Å². The zero-order valence-corrected chi connectivity index (χ0v) is 9.73. The van der Waals surface area contributed by atoms with Gasteiger partial charge in [0.25, 0.3) is 5.91 Å². The lowest BCUT2D eigenvalue weighted by atomic mass is 10.1. The van der Waals surface area contributed by atoms with Crippen LogP contribution in [0.15, 0.2) is 24.3 Å². The lowest BCUT2D eigenvalue weighted by Crippen LogP contribution is -2.30. The summed E-state index contributed by atoms with van der Waals surface area (Å²) in [5.74, 6) is -0.677. The number of carbonyl (C=O) groups is 2. The van der Waals surface area contributed by atoms with Gasteiger partial charge in [-0.05, 0) is 31.4 Å². The molecule has 17 heavy (non-hydrogen) atoms. The number of hydrogen-bond donors (Lipinski definition) is 1. The molecule has 0 unspecified atom stereocenters. The highest BCUT2D eigenvalue weighted by Crippen LogP contribution is 2.18. The summed E-state index contributed by atoms with van der Waals surface area (Å²) < 4.78 is 4.95. The lowest BCUT2D eigenvalue weighted by molar-refractivity contribution is -0.124. The monoisotopic (exact) mass is 233 g/mol. The minimum Gasteiger partial charge on any atom is -0.452 e.